The Morgan fingerprint density at radius 1 is 1.33 bits per heavy atom. The van der Waals surface area contributed by atoms with Gasteiger partial charge in [-0.3, -0.25) is 4.79 Å². The summed E-state index contributed by atoms with van der Waals surface area (Å²) < 4.78 is 5.49. The monoisotopic (exact) mass is 290 g/mol. The van der Waals surface area contributed by atoms with E-state index in [0.29, 0.717) is 13.2 Å². The molecule has 116 valence electrons. The maximum absolute atomic E-state index is 12.5. The number of rotatable bonds is 7. The van der Waals surface area contributed by atoms with E-state index in [1.807, 2.05) is 30.1 Å². The smallest absolute Gasteiger partial charge is 0.229 e. The fourth-order valence-corrected chi connectivity index (χ4v) is 2.66. The normalized spacial score (nSPS) is 21.4. The minimum Gasteiger partial charge on any atom is -0.379 e. The van der Waals surface area contributed by atoms with Crippen molar-refractivity contribution in [1.29, 1.82) is 0 Å². The molecule has 1 aromatic rings. The van der Waals surface area contributed by atoms with Crippen molar-refractivity contribution in [2.24, 2.45) is 5.92 Å². The van der Waals surface area contributed by atoms with Crippen molar-refractivity contribution in [3.63, 3.8) is 0 Å². The summed E-state index contributed by atoms with van der Waals surface area (Å²) >= 11 is 0. The second-order valence-electron chi connectivity index (χ2n) is 5.70. The summed E-state index contributed by atoms with van der Waals surface area (Å²) in [6.45, 7) is 5.00. The van der Waals surface area contributed by atoms with E-state index in [0.717, 1.165) is 25.9 Å². The van der Waals surface area contributed by atoms with Crippen molar-refractivity contribution in [2.75, 3.05) is 33.4 Å². The van der Waals surface area contributed by atoms with E-state index < -0.39 is 0 Å². The molecular weight excluding hydrogens is 264 g/mol. The summed E-state index contributed by atoms with van der Waals surface area (Å²) in [6, 6.07) is 10.4. The second-order valence-corrected chi connectivity index (χ2v) is 5.70. The zero-order valence-corrected chi connectivity index (χ0v) is 13.0. The standard InChI is InChI=1S/C17H26N2O2/c1-3-10-18-16-13-21-12-15(16)17(20)19(2)11-9-14-7-5-4-6-8-14/h4-8,15-16,18H,3,9-13H2,1-2H3. The van der Waals surface area contributed by atoms with Gasteiger partial charge in [0.25, 0.3) is 0 Å². The molecule has 0 spiro atoms. The van der Waals surface area contributed by atoms with Gasteiger partial charge in [-0.2, -0.15) is 0 Å². The number of nitrogens with zero attached hydrogens (tertiary/aromatic N) is 1. The predicted molar refractivity (Wildman–Crippen MR) is 84.2 cm³/mol. The number of carbonyl (C=O) groups excluding carboxylic acids is 1. The van der Waals surface area contributed by atoms with Crippen molar-refractivity contribution in [3.05, 3.63) is 35.9 Å². The Hall–Kier alpha value is -1.39. The highest BCUT2D eigenvalue weighted by Crippen LogP contribution is 2.16. The first kappa shape index (κ1) is 16.0. The Labute approximate surface area is 127 Å². The van der Waals surface area contributed by atoms with Crippen molar-refractivity contribution >= 4 is 5.91 Å². The largest absolute Gasteiger partial charge is 0.379 e. The first-order valence-corrected chi connectivity index (χ1v) is 7.82. The fraction of sp³-hybridized carbons (Fsp3) is 0.588. The Balaban J connectivity index is 1.83. The first-order chi connectivity index (χ1) is 10.2. The number of ether oxygens (including phenoxy) is 1. The summed E-state index contributed by atoms with van der Waals surface area (Å²) in [5, 5.41) is 3.42. The van der Waals surface area contributed by atoms with E-state index in [1.54, 1.807) is 0 Å². The average molecular weight is 290 g/mol. The molecule has 0 bridgehead atoms. The van der Waals surface area contributed by atoms with Gasteiger partial charge < -0.3 is 15.0 Å². The highest BCUT2D eigenvalue weighted by Gasteiger charge is 2.35. The van der Waals surface area contributed by atoms with Crippen LogP contribution in [0.15, 0.2) is 30.3 Å². The van der Waals surface area contributed by atoms with Crippen LogP contribution in [-0.4, -0.2) is 50.2 Å². The topological polar surface area (TPSA) is 41.6 Å². The molecule has 1 aliphatic heterocycles. The maximum atomic E-state index is 12.5. The maximum Gasteiger partial charge on any atom is 0.229 e. The van der Waals surface area contributed by atoms with Crippen LogP contribution in [0.1, 0.15) is 18.9 Å². The Morgan fingerprint density at radius 2 is 2.10 bits per heavy atom. The van der Waals surface area contributed by atoms with Gasteiger partial charge in [-0.15, -0.1) is 0 Å². The van der Waals surface area contributed by atoms with Crippen molar-refractivity contribution < 1.29 is 9.53 Å². The minimum atomic E-state index is -0.0441. The van der Waals surface area contributed by atoms with Gasteiger partial charge in [-0.25, -0.2) is 0 Å². The molecule has 0 saturated carbocycles. The van der Waals surface area contributed by atoms with E-state index in [4.69, 9.17) is 4.74 Å². The van der Waals surface area contributed by atoms with Gasteiger partial charge in [-0.05, 0) is 24.9 Å². The van der Waals surface area contributed by atoms with Crippen molar-refractivity contribution in [2.45, 2.75) is 25.8 Å². The van der Waals surface area contributed by atoms with Gasteiger partial charge in [0, 0.05) is 19.6 Å². The van der Waals surface area contributed by atoms with Gasteiger partial charge >= 0.3 is 0 Å². The highest BCUT2D eigenvalue weighted by molar-refractivity contribution is 5.79. The van der Waals surface area contributed by atoms with E-state index in [-0.39, 0.29) is 17.9 Å². The summed E-state index contributed by atoms with van der Waals surface area (Å²) in [5.41, 5.74) is 1.26. The molecule has 2 rings (SSSR count). The van der Waals surface area contributed by atoms with E-state index in [1.165, 1.54) is 5.56 Å². The van der Waals surface area contributed by atoms with E-state index in [2.05, 4.69) is 24.4 Å². The fourth-order valence-electron chi connectivity index (χ4n) is 2.66. The quantitative estimate of drug-likeness (QED) is 0.831. The average Bonchev–Trinajstić information content (AvgIpc) is 2.99. The van der Waals surface area contributed by atoms with Crippen LogP contribution in [0.2, 0.25) is 0 Å². The third-order valence-corrected chi connectivity index (χ3v) is 4.01. The molecule has 1 aromatic carbocycles. The van der Waals surface area contributed by atoms with Gasteiger partial charge in [0.15, 0.2) is 0 Å². The van der Waals surface area contributed by atoms with Gasteiger partial charge in [0.1, 0.15) is 0 Å². The number of benzene rings is 1. The molecule has 1 fully saturated rings. The van der Waals surface area contributed by atoms with E-state index in [9.17, 15) is 4.79 Å². The molecule has 0 aromatic heterocycles. The molecular formula is C17H26N2O2. The molecule has 1 saturated heterocycles. The molecule has 0 aliphatic carbocycles. The molecule has 4 heteroatoms. The van der Waals surface area contributed by atoms with Crippen LogP contribution in [0, 0.1) is 5.92 Å². The third kappa shape index (κ3) is 4.55. The van der Waals surface area contributed by atoms with Crippen LogP contribution >= 0.6 is 0 Å². The van der Waals surface area contributed by atoms with Gasteiger partial charge in [0.05, 0.1) is 19.1 Å². The number of amides is 1. The number of carbonyl (C=O) groups is 1. The lowest BCUT2D eigenvalue weighted by Crippen LogP contribution is -2.45. The zero-order chi connectivity index (χ0) is 15.1. The van der Waals surface area contributed by atoms with E-state index >= 15 is 0 Å². The van der Waals surface area contributed by atoms with Crippen LogP contribution in [0.3, 0.4) is 0 Å². The van der Waals surface area contributed by atoms with Crippen LogP contribution in [0.5, 0.6) is 0 Å². The number of hydrogen-bond donors (Lipinski definition) is 1. The molecule has 1 amide bonds. The molecule has 21 heavy (non-hydrogen) atoms. The van der Waals surface area contributed by atoms with Crippen molar-refractivity contribution in [1.82, 2.24) is 10.2 Å². The second kappa shape index (κ2) is 8.15. The zero-order valence-electron chi connectivity index (χ0n) is 13.0. The molecule has 1 aliphatic rings. The van der Waals surface area contributed by atoms with Crippen LogP contribution in [0.25, 0.3) is 0 Å². The lowest BCUT2D eigenvalue weighted by atomic mass is 10.0. The first-order valence-electron chi connectivity index (χ1n) is 7.82. The SMILES string of the molecule is CCCNC1COCC1C(=O)N(C)CCc1ccccc1. The predicted octanol–water partition coefficient (Wildman–Crippen LogP) is 1.70. The molecule has 1 N–H and O–H groups in total. The van der Waals surface area contributed by atoms with Crippen molar-refractivity contribution in [3.8, 4) is 0 Å². The van der Waals surface area contributed by atoms with Gasteiger partial charge in [-0.1, -0.05) is 37.3 Å². The van der Waals surface area contributed by atoms with Crippen LogP contribution < -0.4 is 5.32 Å². The summed E-state index contributed by atoms with van der Waals surface area (Å²) in [6.07, 6.45) is 1.96. The molecule has 2 atom stereocenters. The highest BCUT2D eigenvalue weighted by atomic mass is 16.5. The van der Waals surface area contributed by atoms with Crippen LogP contribution in [-0.2, 0) is 16.0 Å². The summed E-state index contributed by atoms with van der Waals surface area (Å²) in [7, 11) is 1.89. The number of nitrogens with one attached hydrogen (secondary N) is 1. The summed E-state index contributed by atoms with van der Waals surface area (Å²) in [4.78, 5) is 14.4. The summed E-state index contributed by atoms with van der Waals surface area (Å²) in [5.74, 6) is 0.148. The third-order valence-electron chi connectivity index (χ3n) is 4.01. The Bertz CT molecular complexity index is 436. The van der Waals surface area contributed by atoms with Crippen LogP contribution in [0.4, 0.5) is 0 Å². The molecule has 1 heterocycles. The lowest BCUT2D eigenvalue weighted by molar-refractivity contribution is -0.134. The Morgan fingerprint density at radius 3 is 2.81 bits per heavy atom. The minimum absolute atomic E-state index is 0.0441. The molecule has 2 unspecified atom stereocenters. The Kier molecular flexibility index (Phi) is 6.21. The number of hydrogen-bond acceptors (Lipinski definition) is 3. The lowest BCUT2D eigenvalue weighted by Gasteiger charge is -2.24. The molecule has 4 nitrogen and oxygen atoms in total. The van der Waals surface area contributed by atoms with Gasteiger partial charge in [0.2, 0.25) is 5.91 Å². The molecule has 0 radical (unpaired) electrons. The number of likely N-dealkylation sites (N-methyl/N-ethyl adjacent to an activating group) is 1.